The van der Waals surface area contributed by atoms with Crippen LogP contribution in [0, 0.1) is 44.8 Å². The molecule has 32 atom stereocenters. The summed E-state index contributed by atoms with van der Waals surface area (Å²) in [6.45, 7) is 18.5. The topological polar surface area (TPSA) is 399 Å². The first-order valence-electron chi connectivity index (χ1n) is 30.7. The van der Waals surface area contributed by atoms with Crippen LogP contribution in [0.3, 0.4) is 0 Å². The maximum Gasteiger partial charge on any atom is 0.315 e. The fraction of sp³-hybridized carbons (Fsp3) is 0.900. The average Bonchev–Trinajstić information content (AvgIpc) is 0.686. The molecule has 490 valence electrons. The first-order chi connectivity index (χ1) is 40.3. The molecule has 0 spiro atoms. The first kappa shape index (κ1) is 66.5. The van der Waals surface area contributed by atoms with Crippen molar-refractivity contribution in [2.24, 2.45) is 44.8 Å². The van der Waals surface area contributed by atoms with Gasteiger partial charge in [0.25, 0.3) is 0 Å². The van der Waals surface area contributed by atoms with Gasteiger partial charge in [0.15, 0.2) is 25.2 Å². The van der Waals surface area contributed by atoms with Crippen molar-refractivity contribution in [3.05, 3.63) is 23.8 Å². The van der Waals surface area contributed by atoms with Gasteiger partial charge in [0.1, 0.15) is 110 Å². The van der Waals surface area contributed by atoms with Crippen molar-refractivity contribution < 1.29 is 128 Å². The zero-order chi connectivity index (χ0) is 62.7. The van der Waals surface area contributed by atoms with Gasteiger partial charge in [-0.1, -0.05) is 58.4 Å². The van der Waals surface area contributed by atoms with Crippen LogP contribution in [0.5, 0.6) is 0 Å². The third kappa shape index (κ3) is 11.4. The van der Waals surface area contributed by atoms with Crippen molar-refractivity contribution in [1.82, 2.24) is 0 Å². The van der Waals surface area contributed by atoms with Gasteiger partial charge < -0.3 is 118 Å². The van der Waals surface area contributed by atoms with E-state index in [1.165, 1.54) is 13.8 Å². The van der Waals surface area contributed by atoms with E-state index in [1.807, 2.05) is 0 Å². The van der Waals surface area contributed by atoms with E-state index in [-0.39, 0.29) is 46.7 Å². The fourth-order valence-electron chi connectivity index (χ4n) is 17.3. The fourth-order valence-corrected chi connectivity index (χ4v) is 17.3. The molecule has 10 rings (SSSR count). The highest BCUT2D eigenvalue weighted by Gasteiger charge is 2.70. The van der Waals surface area contributed by atoms with Crippen molar-refractivity contribution in [3.63, 3.8) is 0 Å². The molecule has 26 heteroatoms. The summed E-state index contributed by atoms with van der Waals surface area (Å²) in [4.78, 5) is 27.1. The number of rotatable bonds is 13. The van der Waals surface area contributed by atoms with E-state index in [0.29, 0.717) is 38.5 Å². The minimum atomic E-state index is -1.92. The molecule has 0 aromatic carbocycles. The minimum absolute atomic E-state index is 0.153. The van der Waals surface area contributed by atoms with Crippen molar-refractivity contribution in [2.45, 2.75) is 273 Å². The lowest BCUT2D eigenvalue weighted by molar-refractivity contribution is -0.364. The Hall–Kier alpha value is -2.46. The number of hydrogen-bond donors (Lipinski definition) is 13. The SMILES string of the molecule is C=C1CC[C@]2(C(=O)O[C@@H]3O[C@H](CO[C@@H]4O[C@H](COC(C)=O)[C@@H](O[C@@H]5O[C@@H](C)[C@H](O)[C@@H](O)[C@H]5O)[C@H](O)[C@H]4O)[C@@H](O)[C@H](O)[C@H]3O)CC[C@]3(C)C(=CC[C@@H]4[C@@]5(C)CC[C@H](O[C@@H]6OC[C@H](O)[C@H](O)[C@H]6O[C@@H]6O[C@@H](C)[C@H](O)[C@@H](O)[C@H]6O)C(C)(C)[C@@H]5CC[C@]43C)[C@@H]2C1. The Morgan fingerprint density at radius 3 is 1.83 bits per heavy atom. The molecule has 0 unspecified atom stereocenters. The molecule has 0 bridgehead atoms. The van der Waals surface area contributed by atoms with E-state index in [4.69, 9.17) is 52.1 Å². The summed E-state index contributed by atoms with van der Waals surface area (Å²) in [5.41, 5.74) is -0.190. The van der Waals surface area contributed by atoms with Crippen molar-refractivity contribution in [2.75, 3.05) is 19.8 Å². The Bertz CT molecular complexity index is 2470. The van der Waals surface area contributed by atoms with Gasteiger partial charge in [0.2, 0.25) is 6.29 Å². The molecule has 5 aliphatic carbocycles. The number of allylic oxidation sites excluding steroid dienone is 3. The predicted molar refractivity (Wildman–Crippen MR) is 292 cm³/mol. The van der Waals surface area contributed by atoms with Crippen LogP contribution < -0.4 is 0 Å². The summed E-state index contributed by atoms with van der Waals surface area (Å²) in [5, 5.41) is 141. The summed E-state index contributed by atoms with van der Waals surface area (Å²) in [7, 11) is 0. The van der Waals surface area contributed by atoms with Crippen molar-refractivity contribution in [3.8, 4) is 0 Å². The van der Waals surface area contributed by atoms with Crippen LogP contribution in [-0.2, 0) is 61.7 Å². The normalized spacial score (nSPS) is 52.9. The van der Waals surface area contributed by atoms with E-state index < -0.39 is 183 Å². The third-order valence-corrected chi connectivity index (χ3v) is 22.7. The molecule has 9 fully saturated rings. The van der Waals surface area contributed by atoms with E-state index in [9.17, 15) is 71.2 Å². The predicted octanol–water partition coefficient (Wildman–Crippen LogP) is -1.42. The molecular formula is C60H94O26. The van der Waals surface area contributed by atoms with E-state index in [2.05, 4.69) is 47.3 Å². The number of carbonyl (C=O) groups is 2. The number of fused-ring (bicyclic) bond motifs is 7. The van der Waals surface area contributed by atoms with E-state index in [0.717, 1.165) is 43.8 Å². The van der Waals surface area contributed by atoms with Gasteiger partial charge in [-0.25, -0.2) is 0 Å². The molecule has 0 aromatic heterocycles. The van der Waals surface area contributed by atoms with E-state index >= 15 is 4.79 Å². The molecule has 5 heterocycles. The Balaban J connectivity index is 0.821. The Morgan fingerprint density at radius 2 is 1.19 bits per heavy atom. The molecule has 13 N–H and O–H groups in total. The van der Waals surface area contributed by atoms with Gasteiger partial charge in [0.05, 0.1) is 36.9 Å². The molecule has 26 nitrogen and oxygen atoms in total. The highest BCUT2D eigenvalue weighted by Crippen LogP contribution is 2.75. The monoisotopic (exact) mass is 1230 g/mol. The van der Waals surface area contributed by atoms with Crippen molar-refractivity contribution >= 4 is 11.9 Å². The van der Waals surface area contributed by atoms with Gasteiger partial charge >= 0.3 is 11.9 Å². The lowest BCUT2D eigenvalue weighted by Gasteiger charge is -2.71. The summed E-state index contributed by atoms with van der Waals surface area (Å²) in [5.74, 6) is -1.36. The van der Waals surface area contributed by atoms with Gasteiger partial charge in [-0.2, -0.15) is 0 Å². The second kappa shape index (κ2) is 24.9. The van der Waals surface area contributed by atoms with Crippen LogP contribution in [0.25, 0.3) is 0 Å². The standard InChI is InChI=1S/C60H94O26/c1-24-12-17-60(55(75)86-53-46(73)42(69)39(66)31(81-53)22-78-50-47(74)43(70)48(32(82-50)23-76-27(4)61)84-51-44(71)40(67)36(63)25(2)79-51)19-18-58(8)28(29(60)20-24)10-11-34-57(7)15-14-35(56(5,6)33(57)13-16-59(34,58)9)83-54-49(38(65)30(62)21-77-54)85-52-45(72)41(68)37(64)26(3)80-52/h10,25-26,29-54,62-74H,1,11-23H2,2-9H3/t25-,26-,29-,30-,31+,32+,33-,34+,35-,36-,37-,38-,39+,40+,41+,42-,43+,44+,45+,46+,47+,48+,49+,50+,51-,52-,53-,54-,57-,58+,59+,60-/m0/s1. The number of carbonyl (C=O) groups excluding carboxylic acids is 2. The Kier molecular flexibility index (Phi) is 19.2. The largest absolute Gasteiger partial charge is 0.463 e. The van der Waals surface area contributed by atoms with Crippen LogP contribution in [0.4, 0.5) is 0 Å². The molecule has 0 amide bonds. The summed E-state index contributed by atoms with van der Waals surface area (Å²) >= 11 is 0. The molecule has 0 radical (unpaired) electrons. The first-order valence-corrected chi connectivity index (χ1v) is 30.7. The number of hydrogen-bond acceptors (Lipinski definition) is 26. The molecular weight excluding hydrogens is 1140 g/mol. The number of aliphatic hydroxyl groups is 13. The number of esters is 2. The highest BCUT2D eigenvalue weighted by molar-refractivity contribution is 5.79. The molecule has 5 saturated heterocycles. The Labute approximate surface area is 500 Å². The van der Waals surface area contributed by atoms with Crippen LogP contribution in [-0.4, -0.2) is 252 Å². The zero-order valence-electron chi connectivity index (χ0n) is 50.3. The van der Waals surface area contributed by atoms with Crippen LogP contribution in [0.15, 0.2) is 23.8 Å². The zero-order valence-corrected chi connectivity index (χ0v) is 50.3. The smallest absolute Gasteiger partial charge is 0.315 e. The minimum Gasteiger partial charge on any atom is -0.463 e. The summed E-state index contributed by atoms with van der Waals surface area (Å²) in [6, 6.07) is 0. The lowest BCUT2D eigenvalue weighted by atomic mass is 9.34. The third-order valence-electron chi connectivity index (χ3n) is 22.7. The maximum absolute atomic E-state index is 15.2. The lowest BCUT2D eigenvalue weighted by Crippen LogP contribution is -2.66. The molecule has 4 saturated carbocycles. The molecule has 10 aliphatic rings. The quantitative estimate of drug-likeness (QED) is 0.0572. The molecule has 86 heavy (non-hydrogen) atoms. The van der Waals surface area contributed by atoms with E-state index in [1.54, 1.807) is 0 Å². The van der Waals surface area contributed by atoms with Gasteiger partial charge in [-0.05, 0) is 112 Å². The van der Waals surface area contributed by atoms with Gasteiger partial charge in [-0.15, -0.1) is 0 Å². The maximum atomic E-state index is 15.2. The molecule has 0 aromatic rings. The number of aliphatic hydroxyl groups excluding tert-OH is 13. The number of ether oxygens (including phenoxy) is 11. The highest BCUT2D eigenvalue weighted by atomic mass is 16.8. The summed E-state index contributed by atoms with van der Waals surface area (Å²) < 4.78 is 65.1. The van der Waals surface area contributed by atoms with Gasteiger partial charge in [-0.3, -0.25) is 9.59 Å². The Morgan fingerprint density at radius 1 is 0.593 bits per heavy atom. The second-order valence-corrected chi connectivity index (χ2v) is 27.8. The molecule has 5 aliphatic heterocycles. The summed E-state index contributed by atoms with van der Waals surface area (Å²) in [6.07, 6.45) is -29.1. The van der Waals surface area contributed by atoms with Crippen LogP contribution >= 0.6 is 0 Å². The van der Waals surface area contributed by atoms with Gasteiger partial charge in [0, 0.05) is 12.8 Å². The second-order valence-electron chi connectivity index (χ2n) is 27.8. The van der Waals surface area contributed by atoms with Crippen LogP contribution in [0.1, 0.15) is 120 Å². The van der Waals surface area contributed by atoms with Crippen LogP contribution in [0.2, 0.25) is 0 Å². The average molecular weight is 1230 g/mol. The van der Waals surface area contributed by atoms with Crippen molar-refractivity contribution in [1.29, 1.82) is 0 Å².